The number of morpholine rings is 1. The molecule has 0 radical (unpaired) electrons. The molecule has 0 aliphatic carbocycles. The quantitative estimate of drug-likeness (QED) is 0.650. The Morgan fingerprint density at radius 2 is 1.86 bits per heavy atom. The van der Waals surface area contributed by atoms with Gasteiger partial charge in [0.1, 0.15) is 0 Å². The van der Waals surface area contributed by atoms with Gasteiger partial charge in [-0.2, -0.15) is 0 Å². The van der Waals surface area contributed by atoms with Crippen molar-refractivity contribution >= 4 is 23.7 Å². The van der Waals surface area contributed by atoms with E-state index < -0.39 is 5.97 Å². The molecule has 9 heteroatoms. The van der Waals surface area contributed by atoms with Gasteiger partial charge < -0.3 is 14.7 Å². The third-order valence-corrected chi connectivity index (χ3v) is 4.84. The van der Waals surface area contributed by atoms with Crippen LogP contribution in [-0.2, 0) is 14.3 Å². The zero-order chi connectivity index (χ0) is 20.3. The van der Waals surface area contributed by atoms with Crippen molar-refractivity contribution in [2.75, 3.05) is 46.4 Å². The molecular formula is C19H23N3O6. The SMILES string of the molecule is CN(CC(=O)O)CC1CN(C(=O)CCN2C(=O)c3ccccc3C2=O)CCO1. The lowest BCUT2D eigenvalue weighted by Crippen LogP contribution is -2.50. The van der Waals surface area contributed by atoms with E-state index in [1.54, 1.807) is 41.1 Å². The zero-order valence-corrected chi connectivity index (χ0v) is 15.7. The Bertz CT molecular complexity index is 761. The molecule has 1 aromatic rings. The Morgan fingerprint density at radius 3 is 2.46 bits per heavy atom. The first-order chi connectivity index (χ1) is 13.4. The second kappa shape index (κ2) is 8.49. The van der Waals surface area contributed by atoms with E-state index in [0.717, 1.165) is 4.90 Å². The van der Waals surface area contributed by atoms with Gasteiger partial charge in [0.25, 0.3) is 11.8 Å². The first-order valence-corrected chi connectivity index (χ1v) is 9.11. The highest BCUT2D eigenvalue weighted by molar-refractivity contribution is 6.21. The highest BCUT2D eigenvalue weighted by Crippen LogP contribution is 2.22. The molecule has 0 aromatic heterocycles. The van der Waals surface area contributed by atoms with Gasteiger partial charge in [-0.15, -0.1) is 0 Å². The smallest absolute Gasteiger partial charge is 0.317 e. The van der Waals surface area contributed by atoms with Crippen LogP contribution in [0.25, 0.3) is 0 Å². The van der Waals surface area contributed by atoms with Crippen LogP contribution in [-0.4, -0.2) is 96.0 Å². The summed E-state index contributed by atoms with van der Waals surface area (Å²) in [6, 6.07) is 6.62. The van der Waals surface area contributed by atoms with E-state index >= 15 is 0 Å². The number of carboxylic acids is 1. The molecule has 2 heterocycles. The van der Waals surface area contributed by atoms with E-state index in [1.807, 2.05) is 0 Å². The maximum Gasteiger partial charge on any atom is 0.317 e. The van der Waals surface area contributed by atoms with Gasteiger partial charge in [0, 0.05) is 32.6 Å². The number of hydrogen-bond donors (Lipinski definition) is 1. The lowest BCUT2D eigenvalue weighted by atomic mass is 10.1. The Morgan fingerprint density at radius 1 is 1.21 bits per heavy atom. The first-order valence-electron chi connectivity index (χ1n) is 9.11. The molecule has 0 saturated carbocycles. The molecule has 1 fully saturated rings. The van der Waals surface area contributed by atoms with Gasteiger partial charge in [0.05, 0.1) is 30.4 Å². The number of carboxylic acid groups (broad SMARTS) is 1. The standard InChI is InChI=1S/C19H23N3O6/c1-20(12-17(24)25)10-13-11-21(8-9-28-13)16(23)6-7-22-18(26)14-4-2-3-5-15(14)19(22)27/h2-5,13H,6-12H2,1H3,(H,24,25). The highest BCUT2D eigenvalue weighted by atomic mass is 16.5. The Balaban J connectivity index is 1.52. The van der Waals surface area contributed by atoms with Crippen LogP contribution in [0.3, 0.4) is 0 Å². The van der Waals surface area contributed by atoms with E-state index in [4.69, 9.17) is 9.84 Å². The number of imide groups is 1. The summed E-state index contributed by atoms with van der Waals surface area (Å²) in [7, 11) is 1.68. The Labute approximate surface area is 162 Å². The molecule has 2 aliphatic heterocycles. The van der Waals surface area contributed by atoms with Crippen LogP contribution in [0.4, 0.5) is 0 Å². The van der Waals surface area contributed by atoms with Crippen LogP contribution in [0, 0.1) is 0 Å². The molecule has 0 spiro atoms. The van der Waals surface area contributed by atoms with E-state index in [9.17, 15) is 19.2 Å². The fourth-order valence-corrected chi connectivity index (χ4v) is 3.51. The van der Waals surface area contributed by atoms with Gasteiger partial charge in [0.15, 0.2) is 0 Å². The molecule has 28 heavy (non-hydrogen) atoms. The molecule has 1 N–H and O–H groups in total. The number of likely N-dealkylation sites (N-methyl/N-ethyl adjacent to an activating group) is 1. The highest BCUT2D eigenvalue weighted by Gasteiger charge is 2.35. The third-order valence-electron chi connectivity index (χ3n) is 4.84. The van der Waals surface area contributed by atoms with Crippen LogP contribution in [0.2, 0.25) is 0 Å². The van der Waals surface area contributed by atoms with Gasteiger partial charge in [-0.05, 0) is 19.2 Å². The number of benzene rings is 1. The summed E-state index contributed by atoms with van der Waals surface area (Å²) >= 11 is 0. The minimum Gasteiger partial charge on any atom is -0.480 e. The van der Waals surface area contributed by atoms with Gasteiger partial charge in [-0.25, -0.2) is 0 Å². The average molecular weight is 389 g/mol. The normalized spacial score (nSPS) is 19.3. The molecule has 1 saturated heterocycles. The Kier molecular flexibility index (Phi) is 6.05. The van der Waals surface area contributed by atoms with Crippen molar-refractivity contribution in [3.63, 3.8) is 0 Å². The maximum atomic E-state index is 12.6. The fraction of sp³-hybridized carbons (Fsp3) is 0.474. The van der Waals surface area contributed by atoms with Crippen molar-refractivity contribution in [2.45, 2.75) is 12.5 Å². The van der Waals surface area contributed by atoms with Gasteiger partial charge in [0.2, 0.25) is 5.91 Å². The predicted octanol–water partition coefficient (Wildman–Crippen LogP) is -0.0835. The molecule has 0 bridgehead atoms. The number of nitrogens with zero attached hydrogens (tertiary/aromatic N) is 3. The van der Waals surface area contributed by atoms with Crippen molar-refractivity contribution in [1.29, 1.82) is 0 Å². The van der Waals surface area contributed by atoms with Crippen molar-refractivity contribution in [3.8, 4) is 0 Å². The van der Waals surface area contributed by atoms with Crippen LogP contribution >= 0.6 is 0 Å². The lowest BCUT2D eigenvalue weighted by molar-refractivity contribution is -0.142. The summed E-state index contributed by atoms with van der Waals surface area (Å²) in [5.41, 5.74) is 0.737. The van der Waals surface area contributed by atoms with Crippen LogP contribution < -0.4 is 0 Å². The molecule has 1 aromatic carbocycles. The number of carbonyl (C=O) groups is 4. The second-order valence-corrected chi connectivity index (χ2v) is 6.98. The number of ether oxygens (including phenoxy) is 1. The molecular weight excluding hydrogens is 366 g/mol. The number of hydrogen-bond acceptors (Lipinski definition) is 6. The van der Waals surface area contributed by atoms with E-state index in [-0.39, 0.29) is 43.3 Å². The van der Waals surface area contributed by atoms with E-state index in [2.05, 4.69) is 0 Å². The predicted molar refractivity (Wildman–Crippen MR) is 97.9 cm³/mol. The van der Waals surface area contributed by atoms with Crippen molar-refractivity contribution < 1.29 is 29.0 Å². The Hall–Kier alpha value is -2.78. The summed E-state index contributed by atoms with van der Waals surface area (Å²) in [4.78, 5) is 52.4. The van der Waals surface area contributed by atoms with Crippen molar-refractivity contribution in [3.05, 3.63) is 35.4 Å². The van der Waals surface area contributed by atoms with Crippen molar-refractivity contribution in [1.82, 2.24) is 14.7 Å². The number of fused-ring (bicyclic) bond motifs is 1. The molecule has 1 unspecified atom stereocenters. The van der Waals surface area contributed by atoms with E-state index in [1.165, 1.54) is 0 Å². The number of carbonyl (C=O) groups excluding carboxylic acids is 3. The summed E-state index contributed by atoms with van der Waals surface area (Å²) in [5, 5.41) is 8.83. The molecule has 150 valence electrons. The topological polar surface area (TPSA) is 107 Å². The molecule has 2 aliphatic rings. The number of rotatable bonds is 7. The second-order valence-electron chi connectivity index (χ2n) is 6.98. The molecule has 3 amide bonds. The van der Waals surface area contributed by atoms with Crippen molar-refractivity contribution in [2.24, 2.45) is 0 Å². The summed E-state index contributed by atoms with van der Waals surface area (Å²) in [5.74, 6) is -1.83. The summed E-state index contributed by atoms with van der Waals surface area (Å²) in [6.45, 7) is 1.48. The minimum atomic E-state index is -0.924. The minimum absolute atomic E-state index is 0.0339. The van der Waals surface area contributed by atoms with Crippen LogP contribution in [0.1, 0.15) is 27.1 Å². The van der Waals surface area contributed by atoms with E-state index in [0.29, 0.717) is 37.4 Å². The third kappa shape index (κ3) is 4.37. The zero-order valence-electron chi connectivity index (χ0n) is 15.7. The van der Waals surface area contributed by atoms with Gasteiger partial charge in [-0.3, -0.25) is 29.0 Å². The first kappa shape index (κ1) is 20.0. The largest absolute Gasteiger partial charge is 0.480 e. The van der Waals surface area contributed by atoms with Crippen LogP contribution in [0.15, 0.2) is 24.3 Å². The average Bonchev–Trinajstić information content (AvgIpc) is 2.90. The summed E-state index contributed by atoms with van der Waals surface area (Å²) in [6.07, 6.45) is -0.232. The fourth-order valence-electron chi connectivity index (χ4n) is 3.51. The number of amides is 3. The monoisotopic (exact) mass is 389 g/mol. The van der Waals surface area contributed by atoms with Gasteiger partial charge >= 0.3 is 5.97 Å². The molecule has 3 rings (SSSR count). The molecule has 1 atom stereocenters. The number of aliphatic carboxylic acids is 1. The van der Waals surface area contributed by atoms with Crippen LogP contribution in [0.5, 0.6) is 0 Å². The molecule has 9 nitrogen and oxygen atoms in total. The van der Waals surface area contributed by atoms with Gasteiger partial charge in [-0.1, -0.05) is 12.1 Å². The summed E-state index contributed by atoms with van der Waals surface area (Å²) < 4.78 is 5.62. The maximum absolute atomic E-state index is 12.6. The lowest BCUT2D eigenvalue weighted by Gasteiger charge is -2.34.